The number of amides is 1. The maximum absolute atomic E-state index is 13.2. The highest BCUT2D eigenvalue weighted by molar-refractivity contribution is 6.03. The van der Waals surface area contributed by atoms with Crippen LogP contribution in [0.3, 0.4) is 0 Å². The van der Waals surface area contributed by atoms with E-state index in [1.807, 2.05) is 30.3 Å². The number of hydrogen-bond donors (Lipinski definition) is 2. The van der Waals surface area contributed by atoms with Crippen LogP contribution in [-0.4, -0.2) is 30.2 Å². The Labute approximate surface area is 187 Å². The van der Waals surface area contributed by atoms with Crippen molar-refractivity contribution in [3.63, 3.8) is 0 Å². The molecular formula is C25H26N2O5. The Kier molecular flexibility index (Phi) is 7.83. The Morgan fingerprint density at radius 2 is 1.69 bits per heavy atom. The largest absolute Gasteiger partial charge is 0.508 e. The second-order valence-electron chi connectivity index (χ2n) is 7.12. The second kappa shape index (κ2) is 11.0. The molecule has 0 saturated heterocycles. The fourth-order valence-corrected chi connectivity index (χ4v) is 3.15. The Morgan fingerprint density at radius 3 is 2.38 bits per heavy atom. The molecule has 0 radical (unpaired) electrons. The number of ether oxygens (including phenoxy) is 2. The predicted octanol–water partition coefficient (Wildman–Crippen LogP) is 3.90. The maximum Gasteiger partial charge on any atom is 0.340 e. The highest BCUT2D eigenvalue weighted by atomic mass is 16.5. The number of rotatable bonds is 9. The molecule has 0 fully saturated rings. The topological polar surface area (TPSA) is 102 Å². The third-order valence-corrected chi connectivity index (χ3v) is 4.72. The first-order valence-electron chi connectivity index (χ1n) is 10.2. The van der Waals surface area contributed by atoms with Crippen molar-refractivity contribution in [2.24, 2.45) is 0 Å². The molecule has 3 rings (SSSR count). The van der Waals surface area contributed by atoms with E-state index < -0.39 is 5.97 Å². The van der Waals surface area contributed by atoms with Gasteiger partial charge in [0.15, 0.2) is 0 Å². The first kappa shape index (κ1) is 22.8. The molecule has 3 aromatic carbocycles. The summed E-state index contributed by atoms with van der Waals surface area (Å²) in [6, 6.07) is 20.7. The van der Waals surface area contributed by atoms with Crippen LogP contribution in [0.4, 0.5) is 11.4 Å². The fraction of sp³-hybridized carbons (Fsp3) is 0.200. The number of aromatic hydroxyl groups is 1. The van der Waals surface area contributed by atoms with Crippen LogP contribution in [0.15, 0.2) is 72.8 Å². The number of nitrogen functional groups attached to an aromatic ring is 1. The van der Waals surface area contributed by atoms with Gasteiger partial charge in [0.25, 0.3) is 5.91 Å². The van der Waals surface area contributed by atoms with Crippen molar-refractivity contribution in [1.29, 1.82) is 0 Å². The number of carbonyl (C=O) groups is 2. The van der Waals surface area contributed by atoms with Crippen molar-refractivity contribution >= 4 is 23.3 Å². The van der Waals surface area contributed by atoms with Crippen LogP contribution in [0.25, 0.3) is 0 Å². The highest BCUT2D eigenvalue weighted by Crippen LogP contribution is 2.27. The van der Waals surface area contributed by atoms with Crippen LogP contribution in [-0.2, 0) is 27.4 Å². The van der Waals surface area contributed by atoms with Gasteiger partial charge in [-0.1, -0.05) is 42.5 Å². The quantitative estimate of drug-likeness (QED) is 0.391. The molecule has 0 aliphatic heterocycles. The molecule has 3 aromatic rings. The van der Waals surface area contributed by atoms with E-state index >= 15 is 0 Å². The minimum Gasteiger partial charge on any atom is -0.508 e. The van der Waals surface area contributed by atoms with Gasteiger partial charge in [-0.15, -0.1) is 0 Å². The zero-order valence-electron chi connectivity index (χ0n) is 17.9. The average Bonchev–Trinajstić information content (AvgIpc) is 2.79. The predicted molar refractivity (Wildman–Crippen MR) is 122 cm³/mol. The summed E-state index contributed by atoms with van der Waals surface area (Å²) in [7, 11) is 0. The molecule has 7 heteroatoms. The number of carbonyl (C=O) groups excluding carboxylic acids is 2. The molecule has 0 aliphatic carbocycles. The van der Waals surface area contributed by atoms with Gasteiger partial charge in [0.1, 0.15) is 12.4 Å². The molecule has 32 heavy (non-hydrogen) atoms. The number of nitrogens with two attached hydrogens (primary N) is 1. The van der Waals surface area contributed by atoms with Crippen LogP contribution < -0.4 is 10.6 Å². The number of phenols is 1. The van der Waals surface area contributed by atoms with Crippen molar-refractivity contribution in [2.45, 2.75) is 20.1 Å². The van der Waals surface area contributed by atoms with Gasteiger partial charge in [-0.2, -0.15) is 0 Å². The van der Waals surface area contributed by atoms with Crippen LogP contribution in [0, 0.1) is 0 Å². The lowest BCUT2D eigenvalue weighted by molar-refractivity contribution is -0.123. The highest BCUT2D eigenvalue weighted by Gasteiger charge is 2.23. The van der Waals surface area contributed by atoms with Gasteiger partial charge < -0.3 is 25.2 Å². The summed E-state index contributed by atoms with van der Waals surface area (Å²) >= 11 is 0. The number of nitrogens with zero attached hydrogens (tertiary/aromatic N) is 1. The third-order valence-electron chi connectivity index (χ3n) is 4.72. The summed E-state index contributed by atoms with van der Waals surface area (Å²) in [6.07, 6.45) is 0. The second-order valence-corrected chi connectivity index (χ2v) is 7.12. The molecule has 166 valence electrons. The van der Waals surface area contributed by atoms with E-state index in [0.29, 0.717) is 11.4 Å². The summed E-state index contributed by atoms with van der Waals surface area (Å²) in [5.41, 5.74) is 8.73. The molecule has 0 aromatic heterocycles. The summed E-state index contributed by atoms with van der Waals surface area (Å²) in [5.74, 6) is -0.700. The molecule has 3 N–H and O–H groups in total. The normalized spacial score (nSPS) is 10.5. The molecule has 0 saturated carbocycles. The van der Waals surface area contributed by atoms with Crippen molar-refractivity contribution < 1.29 is 24.2 Å². The molecule has 0 unspecified atom stereocenters. The lowest BCUT2D eigenvalue weighted by atomic mass is 10.1. The van der Waals surface area contributed by atoms with E-state index in [-0.39, 0.29) is 43.6 Å². The van der Waals surface area contributed by atoms with E-state index in [2.05, 4.69) is 0 Å². The van der Waals surface area contributed by atoms with Crippen molar-refractivity contribution in [1.82, 2.24) is 0 Å². The molecule has 0 spiro atoms. The first-order chi connectivity index (χ1) is 15.5. The van der Waals surface area contributed by atoms with Gasteiger partial charge in [0, 0.05) is 5.69 Å². The van der Waals surface area contributed by atoms with Gasteiger partial charge in [0.05, 0.1) is 31.0 Å². The van der Waals surface area contributed by atoms with E-state index in [1.54, 1.807) is 49.4 Å². The number of phenolic OH excluding ortho intramolecular Hbond substituents is 1. The lowest BCUT2D eigenvalue weighted by Gasteiger charge is -2.25. The Balaban J connectivity index is 1.85. The monoisotopic (exact) mass is 434 g/mol. The maximum atomic E-state index is 13.2. The molecular weight excluding hydrogens is 408 g/mol. The Hall–Kier alpha value is -3.84. The number of esters is 1. The van der Waals surface area contributed by atoms with E-state index in [1.165, 1.54) is 4.90 Å². The van der Waals surface area contributed by atoms with Crippen LogP contribution in [0.5, 0.6) is 5.75 Å². The van der Waals surface area contributed by atoms with Crippen molar-refractivity contribution in [3.05, 3.63) is 89.5 Å². The fourth-order valence-electron chi connectivity index (χ4n) is 3.15. The molecule has 7 nitrogen and oxygen atoms in total. The molecule has 0 atom stereocenters. The number of anilines is 2. The van der Waals surface area contributed by atoms with Gasteiger partial charge in [-0.05, 0) is 48.4 Å². The molecule has 0 aliphatic rings. The van der Waals surface area contributed by atoms with Crippen molar-refractivity contribution in [2.75, 3.05) is 23.8 Å². The number of hydrogen-bond acceptors (Lipinski definition) is 6. The Morgan fingerprint density at radius 1 is 0.969 bits per heavy atom. The van der Waals surface area contributed by atoms with Gasteiger partial charge in [0.2, 0.25) is 0 Å². The van der Waals surface area contributed by atoms with E-state index in [4.69, 9.17) is 15.2 Å². The minimum absolute atomic E-state index is 0.159. The summed E-state index contributed by atoms with van der Waals surface area (Å²) in [4.78, 5) is 27.2. The van der Waals surface area contributed by atoms with Gasteiger partial charge in [-0.3, -0.25) is 4.79 Å². The first-order valence-corrected chi connectivity index (χ1v) is 10.2. The summed E-state index contributed by atoms with van der Waals surface area (Å²) in [6.45, 7) is 2.17. The summed E-state index contributed by atoms with van der Waals surface area (Å²) in [5, 5.41) is 9.39. The SMILES string of the molecule is CCOC(=O)c1ccc(N)cc1N(Cc1ccccc1)C(=O)COCc1ccc(O)cc1. The molecule has 1 amide bonds. The van der Waals surface area contributed by atoms with Crippen LogP contribution in [0.1, 0.15) is 28.4 Å². The average molecular weight is 434 g/mol. The zero-order valence-corrected chi connectivity index (χ0v) is 17.9. The summed E-state index contributed by atoms with van der Waals surface area (Å²) < 4.78 is 10.8. The zero-order chi connectivity index (χ0) is 22.9. The standard InChI is InChI=1S/C25H26N2O5/c1-2-32-25(30)22-13-10-20(26)14-23(22)27(15-18-6-4-3-5-7-18)24(29)17-31-16-19-8-11-21(28)12-9-19/h3-14,28H,2,15-17,26H2,1H3. The van der Waals surface area contributed by atoms with E-state index in [9.17, 15) is 14.7 Å². The van der Waals surface area contributed by atoms with E-state index in [0.717, 1.165) is 11.1 Å². The lowest BCUT2D eigenvalue weighted by Crippen LogP contribution is -2.35. The number of benzene rings is 3. The smallest absolute Gasteiger partial charge is 0.340 e. The minimum atomic E-state index is -0.529. The van der Waals surface area contributed by atoms with Crippen LogP contribution in [0.2, 0.25) is 0 Å². The van der Waals surface area contributed by atoms with Gasteiger partial charge >= 0.3 is 5.97 Å². The van der Waals surface area contributed by atoms with Crippen LogP contribution >= 0.6 is 0 Å². The third kappa shape index (κ3) is 6.09. The molecule has 0 bridgehead atoms. The van der Waals surface area contributed by atoms with Crippen molar-refractivity contribution in [3.8, 4) is 5.75 Å². The Bertz CT molecular complexity index is 1050. The van der Waals surface area contributed by atoms with Gasteiger partial charge in [-0.25, -0.2) is 4.79 Å². The molecule has 0 heterocycles.